The molecular weight excluding hydrogens is 448 g/mol. The number of aromatic nitrogens is 1. The molecule has 1 fully saturated rings. The standard InChI is InChI=1S/C26H30N4O3S/c1-21-7-3-4-9-24(21)20-29(19-22-8-6-12-27-18-22)26(31)23-10-5-11-25(17-23)34(32,33)30-15-13-28(2)14-16-30/h3-12,17-18H,13-16,19-20H2,1-2H3. The lowest BCUT2D eigenvalue weighted by atomic mass is 10.1. The lowest BCUT2D eigenvalue weighted by Gasteiger charge is -2.31. The smallest absolute Gasteiger partial charge is 0.254 e. The van der Waals surface area contributed by atoms with Gasteiger partial charge in [-0.3, -0.25) is 9.78 Å². The second-order valence-corrected chi connectivity index (χ2v) is 10.6. The highest BCUT2D eigenvalue weighted by Gasteiger charge is 2.28. The van der Waals surface area contributed by atoms with Gasteiger partial charge in [-0.2, -0.15) is 4.31 Å². The summed E-state index contributed by atoms with van der Waals surface area (Å²) < 4.78 is 28.0. The Kier molecular flexibility index (Phi) is 7.41. The molecule has 0 unspecified atom stereocenters. The predicted octanol–water partition coefficient (Wildman–Crippen LogP) is 3.17. The molecular formula is C26H30N4O3S. The minimum atomic E-state index is -3.67. The molecule has 1 saturated heterocycles. The molecule has 2 heterocycles. The first-order valence-electron chi connectivity index (χ1n) is 11.4. The number of piperazine rings is 1. The molecule has 178 valence electrons. The van der Waals surface area contributed by atoms with Crippen LogP contribution in [0.1, 0.15) is 27.0 Å². The minimum absolute atomic E-state index is 0.153. The van der Waals surface area contributed by atoms with Gasteiger partial charge in [0.1, 0.15) is 0 Å². The summed E-state index contributed by atoms with van der Waals surface area (Å²) in [6, 6.07) is 18.1. The van der Waals surface area contributed by atoms with Crippen molar-refractivity contribution in [1.82, 2.24) is 19.1 Å². The molecule has 1 amide bonds. The summed E-state index contributed by atoms with van der Waals surface area (Å²) in [6.45, 7) is 5.06. The Morgan fingerprint density at radius 2 is 1.74 bits per heavy atom. The predicted molar refractivity (Wildman–Crippen MR) is 132 cm³/mol. The zero-order chi connectivity index (χ0) is 24.1. The number of hydrogen-bond donors (Lipinski definition) is 0. The molecule has 0 spiro atoms. The zero-order valence-corrected chi connectivity index (χ0v) is 20.4. The Labute approximate surface area is 201 Å². The van der Waals surface area contributed by atoms with Crippen molar-refractivity contribution in [2.75, 3.05) is 33.2 Å². The van der Waals surface area contributed by atoms with Crippen molar-refractivity contribution in [1.29, 1.82) is 0 Å². The largest absolute Gasteiger partial charge is 0.330 e. The number of carbonyl (C=O) groups is 1. The highest BCUT2D eigenvalue weighted by atomic mass is 32.2. The van der Waals surface area contributed by atoms with E-state index in [0.29, 0.717) is 44.8 Å². The topological polar surface area (TPSA) is 73.8 Å². The first-order chi connectivity index (χ1) is 16.3. The Morgan fingerprint density at radius 1 is 0.971 bits per heavy atom. The average Bonchev–Trinajstić information content (AvgIpc) is 2.85. The maximum atomic E-state index is 13.7. The van der Waals surface area contributed by atoms with Crippen molar-refractivity contribution in [3.63, 3.8) is 0 Å². The van der Waals surface area contributed by atoms with Crippen LogP contribution in [0.15, 0.2) is 78.0 Å². The quantitative estimate of drug-likeness (QED) is 0.522. The molecule has 1 aliphatic heterocycles. The number of aryl methyl sites for hydroxylation is 1. The van der Waals surface area contributed by atoms with E-state index in [2.05, 4.69) is 9.88 Å². The third kappa shape index (κ3) is 5.52. The number of sulfonamides is 1. The molecule has 7 nitrogen and oxygen atoms in total. The van der Waals surface area contributed by atoms with Gasteiger partial charge in [-0.15, -0.1) is 0 Å². The summed E-state index contributed by atoms with van der Waals surface area (Å²) in [7, 11) is -1.69. The molecule has 3 aromatic rings. The van der Waals surface area contributed by atoms with Gasteiger partial charge in [0.15, 0.2) is 0 Å². The third-order valence-electron chi connectivity index (χ3n) is 6.19. The Balaban J connectivity index is 1.62. The van der Waals surface area contributed by atoms with Crippen LogP contribution in [0.25, 0.3) is 0 Å². The van der Waals surface area contributed by atoms with Crippen LogP contribution in [-0.2, 0) is 23.1 Å². The molecule has 0 atom stereocenters. The molecule has 0 bridgehead atoms. The van der Waals surface area contributed by atoms with E-state index in [1.165, 1.54) is 10.4 Å². The van der Waals surface area contributed by atoms with E-state index in [0.717, 1.165) is 16.7 Å². The van der Waals surface area contributed by atoms with Crippen LogP contribution < -0.4 is 0 Å². The number of likely N-dealkylation sites (N-methyl/N-ethyl adjacent to an activating group) is 1. The summed E-state index contributed by atoms with van der Waals surface area (Å²) in [4.78, 5) is 21.8. The van der Waals surface area contributed by atoms with Gasteiger partial charge in [0, 0.05) is 57.2 Å². The molecule has 2 aromatic carbocycles. The second kappa shape index (κ2) is 10.5. The van der Waals surface area contributed by atoms with Crippen LogP contribution >= 0.6 is 0 Å². The second-order valence-electron chi connectivity index (χ2n) is 8.68. The number of amides is 1. The van der Waals surface area contributed by atoms with Crippen molar-refractivity contribution >= 4 is 15.9 Å². The molecule has 0 radical (unpaired) electrons. The van der Waals surface area contributed by atoms with Gasteiger partial charge < -0.3 is 9.80 Å². The highest BCUT2D eigenvalue weighted by Crippen LogP contribution is 2.21. The summed E-state index contributed by atoms with van der Waals surface area (Å²) in [5.41, 5.74) is 3.40. The Hall–Kier alpha value is -3.07. The molecule has 34 heavy (non-hydrogen) atoms. The summed E-state index contributed by atoms with van der Waals surface area (Å²) >= 11 is 0. The van der Waals surface area contributed by atoms with E-state index in [-0.39, 0.29) is 10.8 Å². The lowest BCUT2D eigenvalue weighted by molar-refractivity contribution is 0.0729. The molecule has 0 saturated carbocycles. The van der Waals surface area contributed by atoms with Crippen molar-refractivity contribution in [3.8, 4) is 0 Å². The molecule has 1 aliphatic rings. The fourth-order valence-electron chi connectivity index (χ4n) is 4.05. The molecule has 1 aromatic heterocycles. The third-order valence-corrected chi connectivity index (χ3v) is 8.08. The van der Waals surface area contributed by atoms with Gasteiger partial charge in [0.05, 0.1) is 4.90 Å². The number of hydrogen-bond acceptors (Lipinski definition) is 5. The molecule has 0 aliphatic carbocycles. The van der Waals surface area contributed by atoms with Crippen LogP contribution in [0, 0.1) is 6.92 Å². The van der Waals surface area contributed by atoms with E-state index in [1.807, 2.05) is 50.4 Å². The van der Waals surface area contributed by atoms with Gasteiger partial charge in [-0.05, 0) is 54.9 Å². The van der Waals surface area contributed by atoms with E-state index in [9.17, 15) is 13.2 Å². The first-order valence-corrected chi connectivity index (χ1v) is 12.8. The fraction of sp³-hybridized carbons (Fsp3) is 0.308. The van der Waals surface area contributed by atoms with Gasteiger partial charge in [0.2, 0.25) is 10.0 Å². The number of carbonyl (C=O) groups excluding carboxylic acids is 1. The number of benzene rings is 2. The van der Waals surface area contributed by atoms with E-state index in [1.54, 1.807) is 35.5 Å². The molecule has 0 N–H and O–H groups in total. The Bertz CT molecular complexity index is 1240. The maximum absolute atomic E-state index is 13.7. The minimum Gasteiger partial charge on any atom is -0.330 e. The van der Waals surface area contributed by atoms with Crippen molar-refractivity contribution < 1.29 is 13.2 Å². The monoisotopic (exact) mass is 478 g/mol. The van der Waals surface area contributed by atoms with Crippen LogP contribution in [0.5, 0.6) is 0 Å². The summed E-state index contributed by atoms with van der Waals surface area (Å²) in [6.07, 6.45) is 3.44. The molecule has 8 heteroatoms. The van der Waals surface area contributed by atoms with Crippen LogP contribution in [0.4, 0.5) is 0 Å². The number of nitrogens with zero attached hydrogens (tertiary/aromatic N) is 4. The van der Waals surface area contributed by atoms with Crippen LogP contribution in [0.2, 0.25) is 0 Å². The maximum Gasteiger partial charge on any atom is 0.254 e. The van der Waals surface area contributed by atoms with Crippen LogP contribution in [0.3, 0.4) is 0 Å². The normalized spacial score (nSPS) is 15.2. The fourth-order valence-corrected chi connectivity index (χ4v) is 5.52. The zero-order valence-electron chi connectivity index (χ0n) is 19.6. The van der Waals surface area contributed by atoms with E-state index >= 15 is 0 Å². The highest BCUT2D eigenvalue weighted by molar-refractivity contribution is 7.89. The average molecular weight is 479 g/mol. The number of rotatable bonds is 7. The van der Waals surface area contributed by atoms with Gasteiger partial charge in [-0.1, -0.05) is 36.4 Å². The SMILES string of the molecule is Cc1ccccc1CN(Cc1cccnc1)C(=O)c1cccc(S(=O)(=O)N2CCN(C)CC2)c1. The lowest BCUT2D eigenvalue weighted by Crippen LogP contribution is -2.47. The first kappa shape index (κ1) is 24.1. The summed E-state index contributed by atoms with van der Waals surface area (Å²) in [5.74, 6) is -0.220. The number of pyridine rings is 1. The van der Waals surface area contributed by atoms with Gasteiger partial charge in [-0.25, -0.2) is 8.42 Å². The molecule has 4 rings (SSSR count). The van der Waals surface area contributed by atoms with Gasteiger partial charge >= 0.3 is 0 Å². The van der Waals surface area contributed by atoms with E-state index < -0.39 is 10.0 Å². The Morgan fingerprint density at radius 3 is 2.44 bits per heavy atom. The van der Waals surface area contributed by atoms with E-state index in [4.69, 9.17) is 0 Å². The van der Waals surface area contributed by atoms with Crippen LogP contribution in [-0.4, -0.2) is 66.6 Å². The van der Waals surface area contributed by atoms with Crippen molar-refractivity contribution in [2.45, 2.75) is 24.9 Å². The summed E-state index contributed by atoms with van der Waals surface area (Å²) in [5, 5.41) is 0. The van der Waals surface area contributed by atoms with Gasteiger partial charge in [0.25, 0.3) is 5.91 Å². The van der Waals surface area contributed by atoms with Crippen molar-refractivity contribution in [2.24, 2.45) is 0 Å². The van der Waals surface area contributed by atoms with Crippen molar-refractivity contribution in [3.05, 3.63) is 95.3 Å².